The summed E-state index contributed by atoms with van der Waals surface area (Å²) in [5, 5.41) is 12.0. The van der Waals surface area contributed by atoms with Crippen molar-refractivity contribution in [1.82, 2.24) is 0 Å². The Balaban J connectivity index is 2.10. The highest BCUT2D eigenvalue weighted by molar-refractivity contribution is 6.02. The van der Waals surface area contributed by atoms with Crippen LogP contribution >= 0.6 is 0 Å². The molecule has 1 amide bonds. The first-order valence-corrected chi connectivity index (χ1v) is 7.12. The van der Waals surface area contributed by atoms with Gasteiger partial charge in [-0.1, -0.05) is 12.1 Å². The summed E-state index contributed by atoms with van der Waals surface area (Å²) in [6, 6.07) is 11.2. The SMILES string of the molecule is COc1ccc(/C=C/C(=O)Nc2cccc(O)c2)cc1OC(C)=O. The summed E-state index contributed by atoms with van der Waals surface area (Å²) >= 11 is 0. The van der Waals surface area contributed by atoms with Crippen LogP contribution in [0.25, 0.3) is 6.08 Å². The van der Waals surface area contributed by atoms with E-state index >= 15 is 0 Å². The second kappa shape index (κ2) is 7.82. The minimum Gasteiger partial charge on any atom is -0.508 e. The predicted octanol–water partition coefficient (Wildman–Crippen LogP) is 2.98. The maximum Gasteiger partial charge on any atom is 0.308 e. The number of anilines is 1. The lowest BCUT2D eigenvalue weighted by molar-refractivity contribution is -0.132. The molecule has 0 radical (unpaired) electrons. The molecular formula is C18H17NO5. The first-order valence-electron chi connectivity index (χ1n) is 7.12. The molecule has 0 bridgehead atoms. The zero-order valence-corrected chi connectivity index (χ0v) is 13.3. The zero-order valence-electron chi connectivity index (χ0n) is 13.3. The third-order valence-corrected chi connectivity index (χ3v) is 2.98. The number of carbonyl (C=O) groups excluding carboxylic acids is 2. The molecule has 0 heterocycles. The van der Waals surface area contributed by atoms with Crippen LogP contribution in [0.2, 0.25) is 0 Å². The van der Waals surface area contributed by atoms with Crippen molar-refractivity contribution in [2.75, 3.05) is 12.4 Å². The summed E-state index contributed by atoms with van der Waals surface area (Å²) in [7, 11) is 1.47. The fourth-order valence-corrected chi connectivity index (χ4v) is 1.97. The van der Waals surface area contributed by atoms with Gasteiger partial charge in [-0.2, -0.15) is 0 Å². The summed E-state index contributed by atoms with van der Waals surface area (Å²) in [5.41, 5.74) is 1.15. The maximum absolute atomic E-state index is 11.9. The zero-order chi connectivity index (χ0) is 17.5. The fraction of sp³-hybridized carbons (Fsp3) is 0.111. The van der Waals surface area contributed by atoms with Crippen molar-refractivity contribution in [2.24, 2.45) is 0 Å². The van der Waals surface area contributed by atoms with Crippen molar-refractivity contribution in [3.05, 3.63) is 54.1 Å². The van der Waals surface area contributed by atoms with E-state index < -0.39 is 5.97 Å². The molecule has 0 spiro atoms. The van der Waals surface area contributed by atoms with E-state index in [1.165, 1.54) is 32.2 Å². The predicted molar refractivity (Wildman–Crippen MR) is 90.1 cm³/mol. The van der Waals surface area contributed by atoms with Gasteiger partial charge in [0.25, 0.3) is 0 Å². The third-order valence-electron chi connectivity index (χ3n) is 2.98. The van der Waals surface area contributed by atoms with Crippen molar-refractivity contribution >= 4 is 23.6 Å². The van der Waals surface area contributed by atoms with Crippen molar-refractivity contribution in [3.63, 3.8) is 0 Å². The van der Waals surface area contributed by atoms with Crippen LogP contribution in [-0.4, -0.2) is 24.1 Å². The Bertz CT molecular complexity index is 783. The fourth-order valence-electron chi connectivity index (χ4n) is 1.97. The normalized spacial score (nSPS) is 10.4. The molecule has 0 aliphatic rings. The van der Waals surface area contributed by atoms with E-state index in [1.807, 2.05) is 0 Å². The summed E-state index contributed by atoms with van der Waals surface area (Å²) in [6.45, 7) is 1.30. The molecule has 6 nitrogen and oxygen atoms in total. The van der Waals surface area contributed by atoms with E-state index in [4.69, 9.17) is 9.47 Å². The minimum absolute atomic E-state index is 0.0676. The Labute approximate surface area is 139 Å². The van der Waals surface area contributed by atoms with Crippen LogP contribution in [0.5, 0.6) is 17.2 Å². The lowest BCUT2D eigenvalue weighted by Gasteiger charge is -2.08. The number of amides is 1. The van der Waals surface area contributed by atoms with Crippen LogP contribution in [0.3, 0.4) is 0 Å². The Kier molecular flexibility index (Phi) is 5.57. The number of ether oxygens (including phenoxy) is 2. The van der Waals surface area contributed by atoms with Crippen LogP contribution in [0, 0.1) is 0 Å². The van der Waals surface area contributed by atoms with Gasteiger partial charge in [0, 0.05) is 24.8 Å². The number of methoxy groups -OCH3 is 1. The highest BCUT2D eigenvalue weighted by Crippen LogP contribution is 2.28. The van der Waals surface area contributed by atoms with E-state index in [1.54, 1.807) is 36.4 Å². The Morgan fingerprint density at radius 1 is 1.12 bits per heavy atom. The van der Waals surface area contributed by atoms with E-state index in [9.17, 15) is 14.7 Å². The molecule has 0 unspecified atom stereocenters. The van der Waals surface area contributed by atoms with Crippen molar-refractivity contribution < 1.29 is 24.2 Å². The minimum atomic E-state index is -0.462. The van der Waals surface area contributed by atoms with Crippen molar-refractivity contribution in [3.8, 4) is 17.2 Å². The largest absolute Gasteiger partial charge is 0.508 e. The van der Waals surface area contributed by atoms with E-state index in [2.05, 4.69) is 5.32 Å². The van der Waals surface area contributed by atoms with Gasteiger partial charge < -0.3 is 19.9 Å². The molecule has 0 aliphatic carbocycles. The molecule has 0 aromatic heterocycles. The topological polar surface area (TPSA) is 84.9 Å². The standard InChI is InChI=1S/C18H17NO5/c1-12(20)24-17-10-13(6-8-16(17)23-2)7-9-18(22)19-14-4-3-5-15(21)11-14/h3-11,21H,1-2H3,(H,19,22)/b9-7+. The van der Waals surface area contributed by atoms with Gasteiger partial charge in [0.05, 0.1) is 7.11 Å². The average molecular weight is 327 g/mol. The van der Waals surface area contributed by atoms with Gasteiger partial charge in [0.2, 0.25) is 5.91 Å². The summed E-state index contributed by atoms with van der Waals surface area (Å²) in [5.74, 6) is -0.0495. The van der Waals surface area contributed by atoms with Gasteiger partial charge >= 0.3 is 5.97 Å². The number of nitrogens with one attached hydrogen (secondary N) is 1. The van der Waals surface area contributed by atoms with Crippen LogP contribution in [0.1, 0.15) is 12.5 Å². The smallest absolute Gasteiger partial charge is 0.308 e. The van der Waals surface area contributed by atoms with Crippen LogP contribution < -0.4 is 14.8 Å². The van der Waals surface area contributed by atoms with E-state index in [0.29, 0.717) is 17.0 Å². The monoisotopic (exact) mass is 327 g/mol. The van der Waals surface area contributed by atoms with Gasteiger partial charge in [-0.25, -0.2) is 0 Å². The van der Waals surface area contributed by atoms with E-state index in [0.717, 1.165) is 0 Å². The highest BCUT2D eigenvalue weighted by atomic mass is 16.6. The second-order valence-corrected chi connectivity index (χ2v) is 4.88. The molecule has 0 fully saturated rings. The molecule has 0 aliphatic heterocycles. The summed E-state index contributed by atoms with van der Waals surface area (Å²) < 4.78 is 10.2. The van der Waals surface area contributed by atoms with Gasteiger partial charge in [-0.05, 0) is 35.9 Å². The van der Waals surface area contributed by atoms with Crippen LogP contribution in [0.4, 0.5) is 5.69 Å². The summed E-state index contributed by atoms with van der Waals surface area (Å²) in [4.78, 5) is 23.0. The molecule has 2 rings (SSSR count). The highest BCUT2D eigenvalue weighted by Gasteiger charge is 2.07. The number of aromatic hydroxyl groups is 1. The number of phenolic OH excluding ortho intramolecular Hbond substituents is 1. The lowest BCUT2D eigenvalue weighted by Crippen LogP contribution is -2.07. The lowest BCUT2D eigenvalue weighted by atomic mass is 10.2. The number of hydrogen-bond acceptors (Lipinski definition) is 5. The molecular weight excluding hydrogens is 310 g/mol. The first-order chi connectivity index (χ1) is 11.5. The average Bonchev–Trinajstić information content (AvgIpc) is 2.52. The first kappa shape index (κ1) is 17.1. The Morgan fingerprint density at radius 2 is 1.92 bits per heavy atom. The molecule has 2 N–H and O–H groups in total. The molecule has 2 aromatic carbocycles. The Morgan fingerprint density at radius 3 is 2.58 bits per heavy atom. The molecule has 0 atom stereocenters. The number of carbonyl (C=O) groups is 2. The van der Waals surface area contributed by atoms with Crippen LogP contribution in [-0.2, 0) is 9.59 Å². The number of esters is 1. The number of phenols is 1. The number of hydrogen-bond donors (Lipinski definition) is 2. The number of benzene rings is 2. The molecule has 2 aromatic rings. The summed E-state index contributed by atoms with van der Waals surface area (Å²) in [6.07, 6.45) is 2.91. The molecule has 0 saturated carbocycles. The Hall–Kier alpha value is -3.28. The van der Waals surface area contributed by atoms with Gasteiger partial charge in [0.1, 0.15) is 5.75 Å². The van der Waals surface area contributed by atoms with Gasteiger partial charge in [0.15, 0.2) is 11.5 Å². The third kappa shape index (κ3) is 4.88. The van der Waals surface area contributed by atoms with Crippen LogP contribution in [0.15, 0.2) is 48.5 Å². The van der Waals surface area contributed by atoms with Crippen molar-refractivity contribution in [1.29, 1.82) is 0 Å². The van der Waals surface area contributed by atoms with Gasteiger partial charge in [-0.15, -0.1) is 0 Å². The van der Waals surface area contributed by atoms with Gasteiger partial charge in [-0.3, -0.25) is 9.59 Å². The molecule has 0 saturated heterocycles. The number of rotatable bonds is 5. The second-order valence-electron chi connectivity index (χ2n) is 4.88. The maximum atomic E-state index is 11.9. The van der Waals surface area contributed by atoms with Crippen molar-refractivity contribution in [2.45, 2.75) is 6.92 Å². The molecule has 24 heavy (non-hydrogen) atoms. The van der Waals surface area contributed by atoms with E-state index in [-0.39, 0.29) is 17.4 Å². The quantitative estimate of drug-likeness (QED) is 0.501. The molecule has 6 heteroatoms. The molecule has 124 valence electrons.